The number of nitrogens with one attached hydrogen (secondary N) is 1. The number of likely N-dealkylation sites (tertiary alicyclic amines) is 1. The first-order chi connectivity index (χ1) is 10.2. The second-order valence-corrected chi connectivity index (χ2v) is 7.61. The highest BCUT2D eigenvalue weighted by molar-refractivity contribution is 4.91. The van der Waals surface area contributed by atoms with Gasteiger partial charge in [-0.25, -0.2) is 0 Å². The smallest absolute Gasteiger partial charge is 0.0124 e. The number of fused-ring (bicyclic) bond motifs is 1. The van der Waals surface area contributed by atoms with Crippen molar-refractivity contribution in [2.24, 2.45) is 11.3 Å². The number of piperidine rings is 1. The second kappa shape index (κ2) is 8.53. The standard InChI is InChI=1S/C19H38N2/c1-4-13-20-15-19(5-2,6-3)16-21-14-9-11-17-10-7-8-12-18(17)21/h17-18,20H,4-16H2,1-3H3. The summed E-state index contributed by atoms with van der Waals surface area (Å²) in [7, 11) is 0. The number of hydrogen-bond donors (Lipinski definition) is 1. The van der Waals surface area contributed by atoms with Gasteiger partial charge < -0.3 is 5.32 Å². The zero-order valence-corrected chi connectivity index (χ0v) is 14.8. The molecule has 0 amide bonds. The predicted molar refractivity (Wildman–Crippen MR) is 92.7 cm³/mol. The van der Waals surface area contributed by atoms with E-state index in [1.54, 1.807) is 0 Å². The Labute approximate surface area is 133 Å². The molecule has 124 valence electrons. The maximum absolute atomic E-state index is 3.71. The van der Waals surface area contributed by atoms with Gasteiger partial charge in [0.1, 0.15) is 0 Å². The highest BCUT2D eigenvalue weighted by Crippen LogP contribution is 2.38. The van der Waals surface area contributed by atoms with E-state index in [2.05, 4.69) is 31.0 Å². The third-order valence-electron chi connectivity index (χ3n) is 6.32. The Morgan fingerprint density at radius 2 is 1.71 bits per heavy atom. The minimum absolute atomic E-state index is 0.495. The van der Waals surface area contributed by atoms with Crippen LogP contribution in [0.2, 0.25) is 0 Å². The van der Waals surface area contributed by atoms with E-state index in [-0.39, 0.29) is 0 Å². The van der Waals surface area contributed by atoms with Gasteiger partial charge in [-0.15, -0.1) is 0 Å². The largest absolute Gasteiger partial charge is 0.316 e. The van der Waals surface area contributed by atoms with Crippen LogP contribution in [-0.2, 0) is 0 Å². The monoisotopic (exact) mass is 294 g/mol. The van der Waals surface area contributed by atoms with Gasteiger partial charge in [0.05, 0.1) is 0 Å². The minimum Gasteiger partial charge on any atom is -0.316 e. The molecule has 2 nitrogen and oxygen atoms in total. The molecule has 2 atom stereocenters. The lowest BCUT2D eigenvalue weighted by Crippen LogP contribution is -2.52. The van der Waals surface area contributed by atoms with Gasteiger partial charge in [0.2, 0.25) is 0 Å². The van der Waals surface area contributed by atoms with Gasteiger partial charge in [-0.05, 0) is 69.4 Å². The molecule has 1 heterocycles. The molecule has 0 aromatic heterocycles. The molecule has 2 fully saturated rings. The molecule has 1 N–H and O–H groups in total. The number of nitrogens with zero attached hydrogens (tertiary/aromatic N) is 1. The van der Waals surface area contributed by atoms with Crippen molar-refractivity contribution >= 4 is 0 Å². The molecule has 1 aliphatic heterocycles. The molecule has 2 unspecified atom stereocenters. The molecule has 2 heteroatoms. The van der Waals surface area contributed by atoms with Crippen LogP contribution in [0.4, 0.5) is 0 Å². The number of hydrogen-bond acceptors (Lipinski definition) is 2. The Morgan fingerprint density at radius 3 is 2.43 bits per heavy atom. The van der Waals surface area contributed by atoms with Gasteiger partial charge in [-0.2, -0.15) is 0 Å². The molecular formula is C19H38N2. The van der Waals surface area contributed by atoms with Gasteiger partial charge in [-0.3, -0.25) is 4.90 Å². The van der Waals surface area contributed by atoms with Gasteiger partial charge in [0.25, 0.3) is 0 Å². The average Bonchev–Trinajstić information content (AvgIpc) is 2.54. The Bertz CT molecular complexity index is 283. The fourth-order valence-electron chi connectivity index (χ4n) is 4.66. The summed E-state index contributed by atoms with van der Waals surface area (Å²) in [6.45, 7) is 12.1. The maximum Gasteiger partial charge on any atom is 0.0124 e. The van der Waals surface area contributed by atoms with Gasteiger partial charge >= 0.3 is 0 Å². The van der Waals surface area contributed by atoms with E-state index in [9.17, 15) is 0 Å². The van der Waals surface area contributed by atoms with Gasteiger partial charge in [0, 0.05) is 19.1 Å². The summed E-state index contributed by atoms with van der Waals surface area (Å²) < 4.78 is 0. The highest BCUT2D eigenvalue weighted by Gasteiger charge is 2.37. The summed E-state index contributed by atoms with van der Waals surface area (Å²) >= 11 is 0. The van der Waals surface area contributed by atoms with Crippen molar-refractivity contribution in [1.29, 1.82) is 0 Å². The first-order valence-corrected chi connectivity index (χ1v) is 9.69. The summed E-state index contributed by atoms with van der Waals surface area (Å²) in [6.07, 6.45) is 12.7. The van der Waals surface area contributed by atoms with Crippen LogP contribution in [0.25, 0.3) is 0 Å². The summed E-state index contributed by atoms with van der Waals surface area (Å²) in [5, 5.41) is 3.71. The third-order valence-corrected chi connectivity index (χ3v) is 6.32. The molecule has 1 saturated heterocycles. The van der Waals surface area contributed by atoms with Gasteiger partial charge in [0.15, 0.2) is 0 Å². The van der Waals surface area contributed by atoms with Crippen molar-refractivity contribution in [2.45, 2.75) is 84.6 Å². The molecule has 0 aromatic carbocycles. The summed E-state index contributed by atoms with van der Waals surface area (Å²) in [4.78, 5) is 2.90. The van der Waals surface area contributed by atoms with Crippen molar-refractivity contribution in [3.05, 3.63) is 0 Å². The van der Waals surface area contributed by atoms with E-state index < -0.39 is 0 Å². The molecule has 0 spiro atoms. The average molecular weight is 295 g/mol. The molecule has 0 bridgehead atoms. The third kappa shape index (κ3) is 4.45. The lowest BCUT2D eigenvalue weighted by molar-refractivity contribution is 0.0201. The molecule has 0 aromatic rings. The van der Waals surface area contributed by atoms with E-state index in [0.717, 1.165) is 12.0 Å². The van der Waals surface area contributed by atoms with Crippen LogP contribution in [-0.4, -0.2) is 37.1 Å². The van der Waals surface area contributed by atoms with Crippen molar-refractivity contribution in [3.8, 4) is 0 Å². The van der Waals surface area contributed by atoms with Crippen LogP contribution >= 0.6 is 0 Å². The van der Waals surface area contributed by atoms with Crippen LogP contribution in [0.15, 0.2) is 0 Å². The SMILES string of the molecule is CCCNCC(CC)(CC)CN1CCCC2CCCCC21. The molecule has 0 radical (unpaired) electrons. The zero-order chi connectivity index (χ0) is 15.1. The van der Waals surface area contributed by atoms with Crippen LogP contribution in [0, 0.1) is 11.3 Å². The predicted octanol–water partition coefficient (Wildman–Crippen LogP) is 4.45. The number of rotatable bonds is 8. The lowest BCUT2D eigenvalue weighted by atomic mass is 9.75. The fourth-order valence-corrected chi connectivity index (χ4v) is 4.66. The van der Waals surface area contributed by atoms with Crippen molar-refractivity contribution in [1.82, 2.24) is 10.2 Å². The molecular weight excluding hydrogens is 256 g/mol. The van der Waals surface area contributed by atoms with Crippen LogP contribution in [0.1, 0.15) is 78.6 Å². The van der Waals surface area contributed by atoms with Crippen LogP contribution in [0.3, 0.4) is 0 Å². The Morgan fingerprint density at radius 1 is 1.00 bits per heavy atom. The molecule has 1 saturated carbocycles. The maximum atomic E-state index is 3.71. The molecule has 2 aliphatic rings. The quantitative estimate of drug-likeness (QED) is 0.665. The Hall–Kier alpha value is -0.0800. The van der Waals surface area contributed by atoms with Crippen LogP contribution < -0.4 is 5.32 Å². The van der Waals surface area contributed by atoms with E-state index in [4.69, 9.17) is 0 Å². The van der Waals surface area contributed by atoms with E-state index >= 15 is 0 Å². The van der Waals surface area contributed by atoms with Crippen LogP contribution in [0.5, 0.6) is 0 Å². The molecule has 2 rings (SSSR count). The van der Waals surface area contributed by atoms with E-state index in [1.807, 2.05) is 0 Å². The van der Waals surface area contributed by atoms with Crippen molar-refractivity contribution < 1.29 is 0 Å². The lowest BCUT2D eigenvalue weighted by Gasteiger charge is -2.48. The second-order valence-electron chi connectivity index (χ2n) is 7.61. The Balaban J connectivity index is 1.97. The normalized spacial score (nSPS) is 27.6. The summed E-state index contributed by atoms with van der Waals surface area (Å²) in [6, 6.07) is 0.913. The topological polar surface area (TPSA) is 15.3 Å². The van der Waals surface area contributed by atoms with E-state index in [1.165, 1.54) is 84.0 Å². The highest BCUT2D eigenvalue weighted by atomic mass is 15.2. The summed E-state index contributed by atoms with van der Waals surface area (Å²) in [5.74, 6) is 1.02. The molecule has 1 aliphatic carbocycles. The van der Waals surface area contributed by atoms with Gasteiger partial charge in [-0.1, -0.05) is 33.6 Å². The van der Waals surface area contributed by atoms with Crippen molar-refractivity contribution in [2.75, 3.05) is 26.2 Å². The first-order valence-electron chi connectivity index (χ1n) is 9.69. The summed E-state index contributed by atoms with van der Waals surface area (Å²) in [5.41, 5.74) is 0.495. The Kier molecular flexibility index (Phi) is 7.01. The molecule has 21 heavy (non-hydrogen) atoms. The van der Waals surface area contributed by atoms with E-state index in [0.29, 0.717) is 5.41 Å². The first kappa shape index (κ1) is 17.3. The minimum atomic E-state index is 0.495. The fraction of sp³-hybridized carbons (Fsp3) is 1.00. The zero-order valence-electron chi connectivity index (χ0n) is 14.8. The van der Waals surface area contributed by atoms with Crippen molar-refractivity contribution in [3.63, 3.8) is 0 Å².